The number of carboxylic acids is 1. The topological polar surface area (TPSA) is 81.4 Å². The van der Waals surface area contributed by atoms with Crippen molar-refractivity contribution in [3.8, 4) is 5.75 Å². The first-order chi connectivity index (χ1) is 9.74. The molecule has 0 amide bonds. The Balaban J connectivity index is 2.69. The van der Waals surface area contributed by atoms with E-state index in [1.165, 1.54) is 11.7 Å². The maximum atomic E-state index is 12.5. The van der Waals surface area contributed by atoms with Crippen LogP contribution in [0.2, 0.25) is 0 Å². The molecule has 0 aliphatic heterocycles. The first-order valence-corrected chi connectivity index (χ1v) is 6.55. The van der Waals surface area contributed by atoms with Gasteiger partial charge in [0.15, 0.2) is 5.82 Å². The largest absolute Gasteiger partial charge is 0.497 e. The van der Waals surface area contributed by atoms with Crippen LogP contribution in [0.5, 0.6) is 5.75 Å². The highest BCUT2D eigenvalue weighted by Gasteiger charge is 2.29. The van der Waals surface area contributed by atoms with E-state index in [9.17, 15) is 9.59 Å². The summed E-state index contributed by atoms with van der Waals surface area (Å²) >= 11 is 0. The summed E-state index contributed by atoms with van der Waals surface area (Å²) in [7, 11) is 1.53. The van der Waals surface area contributed by atoms with Crippen LogP contribution in [0, 0.1) is 5.41 Å². The van der Waals surface area contributed by atoms with E-state index in [0.717, 1.165) is 0 Å². The number of hydrogen-bond acceptors (Lipinski definition) is 4. The maximum absolute atomic E-state index is 12.5. The molecule has 0 spiro atoms. The molecule has 0 unspecified atom stereocenters. The Morgan fingerprint density at radius 2 is 2.00 bits per heavy atom. The van der Waals surface area contributed by atoms with Crippen molar-refractivity contribution in [2.24, 2.45) is 5.41 Å². The van der Waals surface area contributed by atoms with E-state index in [2.05, 4.69) is 4.98 Å². The number of imidazole rings is 1. The van der Waals surface area contributed by atoms with Gasteiger partial charge in [0.25, 0.3) is 0 Å². The van der Waals surface area contributed by atoms with Crippen LogP contribution in [0.25, 0.3) is 11.0 Å². The number of Topliss-reactive ketones (excluding diaryl/α,β-unsaturated/α-hetero) is 1. The van der Waals surface area contributed by atoms with Crippen LogP contribution in [0.15, 0.2) is 18.2 Å². The third-order valence-electron chi connectivity index (χ3n) is 3.13. The van der Waals surface area contributed by atoms with Crippen LogP contribution in [0.4, 0.5) is 0 Å². The number of ether oxygens (including phenoxy) is 1. The highest BCUT2D eigenvalue weighted by molar-refractivity contribution is 6.00. The molecular formula is C15H18N2O4. The summed E-state index contributed by atoms with van der Waals surface area (Å²) in [4.78, 5) is 27.9. The van der Waals surface area contributed by atoms with Crippen molar-refractivity contribution in [2.75, 3.05) is 7.11 Å². The smallest absolute Gasteiger partial charge is 0.323 e. The minimum atomic E-state index is -1.03. The molecule has 0 radical (unpaired) electrons. The molecule has 6 nitrogen and oxygen atoms in total. The van der Waals surface area contributed by atoms with E-state index in [1.54, 1.807) is 39.0 Å². The molecule has 21 heavy (non-hydrogen) atoms. The number of carboxylic acid groups (broad SMARTS) is 1. The predicted molar refractivity (Wildman–Crippen MR) is 77.7 cm³/mol. The van der Waals surface area contributed by atoms with E-state index in [0.29, 0.717) is 16.8 Å². The van der Waals surface area contributed by atoms with Gasteiger partial charge in [0.1, 0.15) is 12.3 Å². The molecule has 2 rings (SSSR count). The Labute approximate surface area is 122 Å². The van der Waals surface area contributed by atoms with E-state index < -0.39 is 11.4 Å². The van der Waals surface area contributed by atoms with Gasteiger partial charge in [-0.05, 0) is 12.1 Å². The summed E-state index contributed by atoms with van der Waals surface area (Å²) in [6.07, 6.45) is 0. The van der Waals surface area contributed by atoms with E-state index in [-0.39, 0.29) is 18.2 Å². The summed E-state index contributed by atoms with van der Waals surface area (Å²) in [5, 5.41) is 9.09. The van der Waals surface area contributed by atoms with E-state index in [1.807, 2.05) is 0 Å². The van der Waals surface area contributed by atoms with Gasteiger partial charge in [-0.1, -0.05) is 20.8 Å². The average molecular weight is 290 g/mol. The van der Waals surface area contributed by atoms with Crippen molar-refractivity contribution in [1.29, 1.82) is 0 Å². The number of fused-ring (bicyclic) bond motifs is 1. The Kier molecular flexibility index (Phi) is 3.72. The highest BCUT2D eigenvalue weighted by Crippen LogP contribution is 2.26. The third kappa shape index (κ3) is 2.89. The van der Waals surface area contributed by atoms with Crippen LogP contribution in [-0.4, -0.2) is 33.5 Å². The lowest BCUT2D eigenvalue weighted by atomic mass is 9.90. The van der Waals surface area contributed by atoms with Gasteiger partial charge in [0, 0.05) is 11.5 Å². The summed E-state index contributed by atoms with van der Waals surface area (Å²) in [5.74, 6) is -0.476. The van der Waals surface area contributed by atoms with Crippen LogP contribution >= 0.6 is 0 Å². The number of carbonyl (C=O) groups is 2. The van der Waals surface area contributed by atoms with Gasteiger partial charge in [-0.3, -0.25) is 9.59 Å². The van der Waals surface area contributed by atoms with Gasteiger partial charge in [-0.15, -0.1) is 0 Å². The lowest BCUT2D eigenvalue weighted by molar-refractivity contribution is -0.137. The summed E-state index contributed by atoms with van der Waals surface area (Å²) in [5.41, 5.74) is 0.510. The van der Waals surface area contributed by atoms with Gasteiger partial charge in [-0.25, -0.2) is 4.98 Å². The second kappa shape index (κ2) is 5.20. The number of benzene rings is 1. The molecule has 0 atom stereocenters. The minimum Gasteiger partial charge on any atom is -0.497 e. The molecule has 0 bridgehead atoms. The lowest BCUT2D eigenvalue weighted by Crippen LogP contribution is -2.25. The van der Waals surface area contributed by atoms with Gasteiger partial charge >= 0.3 is 5.97 Å². The number of aromatic nitrogens is 2. The molecule has 1 aromatic heterocycles. The molecule has 112 valence electrons. The fraction of sp³-hybridized carbons (Fsp3) is 0.400. The molecule has 1 heterocycles. The fourth-order valence-electron chi connectivity index (χ4n) is 2.03. The number of nitrogens with zero attached hydrogens (tertiary/aromatic N) is 2. The second-order valence-electron chi connectivity index (χ2n) is 5.85. The van der Waals surface area contributed by atoms with Crippen molar-refractivity contribution in [2.45, 2.75) is 27.3 Å². The highest BCUT2D eigenvalue weighted by atomic mass is 16.5. The second-order valence-corrected chi connectivity index (χ2v) is 5.85. The van der Waals surface area contributed by atoms with Crippen molar-refractivity contribution in [3.05, 3.63) is 24.0 Å². The Morgan fingerprint density at radius 3 is 2.52 bits per heavy atom. The standard InChI is InChI=1S/C15H18N2O4/c1-15(2,3)13(20)14-16-10-6-5-9(21-4)7-11(10)17(14)8-12(18)19/h5-7H,8H2,1-4H3,(H,18,19). The lowest BCUT2D eigenvalue weighted by Gasteiger charge is -2.16. The molecule has 0 aliphatic carbocycles. The van der Waals surface area contributed by atoms with Crippen molar-refractivity contribution < 1.29 is 19.4 Å². The van der Waals surface area contributed by atoms with Gasteiger partial charge in [0.05, 0.1) is 18.1 Å². The van der Waals surface area contributed by atoms with Crippen molar-refractivity contribution in [1.82, 2.24) is 9.55 Å². The third-order valence-corrected chi connectivity index (χ3v) is 3.13. The maximum Gasteiger partial charge on any atom is 0.323 e. The SMILES string of the molecule is COc1ccc2nc(C(=O)C(C)(C)C)n(CC(=O)O)c2c1. The minimum absolute atomic E-state index is 0.160. The molecule has 2 aromatic rings. The number of aliphatic carboxylic acids is 1. The molecular weight excluding hydrogens is 272 g/mol. The Hall–Kier alpha value is -2.37. The molecule has 1 aromatic carbocycles. The quantitative estimate of drug-likeness (QED) is 0.874. The molecule has 0 aliphatic rings. The summed E-state index contributed by atoms with van der Waals surface area (Å²) in [6.45, 7) is 5.02. The zero-order valence-corrected chi connectivity index (χ0v) is 12.5. The summed E-state index contributed by atoms with van der Waals surface area (Å²) < 4.78 is 6.57. The van der Waals surface area contributed by atoms with Gasteiger partial charge in [0.2, 0.25) is 5.78 Å². The van der Waals surface area contributed by atoms with E-state index in [4.69, 9.17) is 9.84 Å². The van der Waals surface area contributed by atoms with Crippen LogP contribution in [-0.2, 0) is 11.3 Å². The first-order valence-electron chi connectivity index (χ1n) is 6.55. The number of hydrogen-bond donors (Lipinski definition) is 1. The Bertz CT molecular complexity index is 710. The number of rotatable bonds is 4. The zero-order chi connectivity index (χ0) is 15.8. The van der Waals surface area contributed by atoms with Crippen molar-refractivity contribution >= 4 is 22.8 Å². The average Bonchev–Trinajstić information content (AvgIpc) is 2.74. The van der Waals surface area contributed by atoms with Gasteiger partial charge < -0.3 is 14.4 Å². The molecule has 6 heteroatoms. The van der Waals surface area contributed by atoms with Crippen molar-refractivity contribution in [3.63, 3.8) is 0 Å². The Morgan fingerprint density at radius 1 is 1.33 bits per heavy atom. The predicted octanol–water partition coefficient (Wildman–Crippen LogP) is 2.36. The molecule has 1 N–H and O–H groups in total. The van der Waals surface area contributed by atoms with Gasteiger partial charge in [-0.2, -0.15) is 0 Å². The molecule has 0 saturated carbocycles. The summed E-state index contributed by atoms with van der Waals surface area (Å²) in [6, 6.07) is 5.13. The zero-order valence-electron chi connectivity index (χ0n) is 12.5. The number of carbonyl (C=O) groups excluding carboxylic acids is 1. The normalized spacial score (nSPS) is 11.6. The monoisotopic (exact) mass is 290 g/mol. The van der Waals surface area contributed by atoms with E-state index >= 15 is 0 Å². The number of methoxy groups -OCH3 is 1. The van der Waals surface area contributed by atoms with Crippen LogP contribution in [0.3, 0.4) is 0 Å². The molecule has 0 fully saturated rings. The molecule has 0 saturated heterocycles. The first kappa shape index (κ1) is 15.0. The number of ketones is 1. The van der Waals surface area contributed by atoms with Crippen LogP contribution in [0.1, 0.15) is 31.4 Å². The fourth-order valence-corrected chi connectivity index (χ4v) is 2.03. The van der Waals surface area contributed by atoms with Crippen LogP contribution < -0.4 is 4.74 Å².